The van der Waals surface area contributed by atoms with E-state index in [1.165, 1.54) is 0 Å². The average molecular weight is 435 g/mol. The molecular formula is C17H30IN3O2. The van der Waals surface area contributed by atoms with E-state index in [0.29, 0.717) is 6.61 Å². The van der Waals surface area contributed by atoms with Gasteiger partial charge in [0.25, 0.3) is 0 Å². The molecule has 0 fully saturated rings. The first kappa shape index (κ1) is 22.0. The zero-order valence-corrected chi connectivity index (χ0v) is 16.5. The highest BCUT2D eigenvalue weighted by atomic mass is 127. The molecule has 0 amide bonds. The van der Waals surface area contributed by atoms with Crippen LogP contribution < -0.4 is 15.4 Å². The Bertz CT molecular complexity index is 402. The highest BCUT2D eigenvalue weighted by Crippen LogP contribution is 2.08. The first-order valence-corrected chi connectivity index (χ1v) is 8.14. The van der Waals surface area contributed by atoms with Gasteiger partial charge in [0.15, 0.2) is 5.96 Å². The zero-order valence-electron chi connectivity index (χ0n) is 14.2. The molecule has 0 saturated heterocycles. The van der Waals surface area contributed by atoms with Crippen molar-refractivity contribution in [1.82, 2.24) is 10.6 Å². The number of hydrogen-bond donors (Lipinski definition) is 2. The first-order valence-electron chi connectivity index (χ1n) is 8.14. The molecule has 0 atom stereocenters. The molecule has 1 aromatic rings. The van der Waals surface area contributed by atoms with Gasteiger partial charge in [0, 0.05) is 39.3 Å². The van der Waals surface area contributed by atoms with E-state index >= 15 is 0 Å². The molecule has 0 aliphatic heterocycles. The van der Waals surface area contributed by atoms with E-state index in [1.54, 1.807) is 0 Å². The van der Waals surface area contributed by atoms with Crippen molar-refractivity contribution in [2.75, 3.05) is 39.5 Å². The number of para-hydroxylation sites is 1. The number of ether oxygens (including phenoxy) is 2. The van der Waals surface area contributed by atoms with Crippen molar-refractivity contribution in [2.45, 2.75) is 26.7 Å². The molecule has 6 heteroatoms. The summed E-state index contributed by atoms with van der Waals surface area (Å²) >= 11 is 0. The lowest BCUT2D eigenvalue weighted by Crippen LogP contribution is -2.38. The number of aliphatic imine (C=N–C) groups is 1. The Balaban J connectivity index is 0.00000484. The molecule has 2 N–H and O–H groups in total. The standard InChI is InChI=1S/C17H29N3O2.HI/c1-3-18-17(19-12-8-14-21-4-2)20-13-9-15-22-16-10-6-5-7-11-16;/h5-7,10-11H,3-4,8-9,12-15H2,1-2H3,(H2,18,19,20);1H. The molecule has 0 aromatic heterocycles. The van der Waals surface area contributed by atoms with Crippen LogP contribution in [0.25, 0.3) is 0 Å². The summed E-state index contributed by atoms with van der Waals surface area (Å²) in [5.74, 6) is 1.77. The Morgan fingerprint density at radius 1 is 1.04 bits per heavy atom. The minimum absolute atomic E-state index is 0. The highest BCUT2D eigenvalue weighted by Gasteiger charge is 1.97. The summed E-state index contributed by atoms with van der Waals surface area (Å²) in [5.41, 5.74) is 0. The maximum Gasteiger partial charge on any atom is 0.191 e. The topological polar surface area (TPSA) is 54.9 Å². The van der Waals surface area contributed by atoms with Gasteiger partial charge >= 0.3 is 0 Å². The summed E-state index contributed by atoms with van der Waals surface area (Å²) in [6, 6.07) is 9.86. The maximum atomic E-state index is 5.65. The van der Waals surface area contributed by atoms with Crippen molar-refractivity contribution in [3.8, 4) is 5.75 Å². The van der Waals surface area contributed by atoms with Gasteiger partial charge in [-0.2, -0.15) is 0 Å². The van der Waals surface area contributed by atoms with Crippen LogP contribution in [0.3, 0.4) is 0 Å². The number of halogens is 1. The summed E-state index contributed by atoms with van der Waals surface area (Å²) in [7, 11) is 0. The molecule has 23 heavy (non-hydrogen) atoms. The van der Waals surface area contributed by atoms with E-state index in [4.69, 9.17) is 9.47 Å². The number of benzene rings is 1. The Labute approximate surface area is 157 Å². The van der Waals surface area contributed by atoms with E-state index in [-0.39, 0.29) is 24.0 Å². The van der Waals surface area contributed by atoms with Gasteiger partial charge in [0.2, 0.25) is 0 Å². The van der Waals surface area contributed by atoms with Gasteiger partial charge in [0.1, 0.15) is 5.75 Å². The zero-order chi connectivity index (χ0) is 15.9. The van der Waals surface area contributed by atoms with E-state index in [0.717, 1.165) is 57.4 Å². The predicted molar refractivity (Wildman–Crippen MR) is 107 cm³/mol. The number of hydrogen-bond acceptors (Lipinski definition) is 3. The summed E-state index contributed by atoms with van der Waals surface area (Å²) in [6.45, 7) is 8.78. The molecule has 132 valence electrons. The van der Waals surface area contributed by atoms with Crippen molar-refractivity contribution >= 4 is 29.9 Å². The third kappa shape index (κ3) is 12.1. The molecule has 0 spiro atoms. The minimum atomic E-state index is 0. The van der Waals surface area contributed by atoms with Crippen LogP contribution in [0.15, 0.2) is 35.3 Å². The second-order valence-corrected chi connectivity index (χ2v) is 4.75. The van der Waals surface area contributed by atoms with Crippen LogP contribution in [0, 0.1) is 0 Å². The molecule has 0 aliphatic rings. The quantitative estimate of drug-likeness (QED) is 0.243. The number of nitrogens with one attached hydrogen (secondary N) is 2. The predicted octanol–water partition coefficient (Wildman–Crippen LogP) is 3.06. The lowest BCUT2D eigenvalue weighted by molar-refractivity contribution is 0.145. The van der Waals surface area contributed by atoms with E-state index < -0.39 is 0 Å². The van der Waals surface area contributed by atoms with Crippen LogP contribution in [0.5, 0.6) is 5.75 Å². The Hall–Kier alpha value is -1.02. The monoisotopic (exact) mass is 435 g/mol. The molecule has 0 unspecified atom stereocenters. The second-order valence-electron chi connectivity index (χ2n) is 4.75. The van der Waals surface area contributed by atoms with Crippen molar-refractivity contribution in [3.63, 3.8) is 0 Å². The van der Waals surface area contributed by atoms with Crippen LogP contribution >= 0.6 is 24.0 Å². The SMILES string of the molecule is CCNC(=NCCCOc1ccccc1)NCCCOCC.I. The van der Waals surface area contributed by atoms with Gasteiger partial charge in [-0.25, -0.2) is 0 Å². The Morgan fingerprint density at radius 2 is 1.83 bits per heavy atom. The average Bonchev–Trinajstić information content (AvgIpc) is 2.55. The molecule has 0 radical (unpaired) electrons. The normalized spacial score (nSPS) is 10.8. The van der Waals surface area contributed by atoms with Gasteiger partial charge in [-0.1, -0.05) is 18.2 Å². The number of nitrogens with zero attached hydrogens (tertiary/aromatic N) is 1. The fourth-order valence-electron chi connectivity index (χ4n) is 1.83. The van der Waals surface area contributed by atoms with Crippen molar-refractivity contribution in [1.29, 1.82) is 0 Å². The summed E-state index contributed by atoms with van der Waals surface area (Å²) < 4.78 is 11.0. The third-order valence-electron chi connectivity index (χ3n) is 2.89. The lowest BCUT2D eigenvalue weighted by atomic mass is 10.3. The van der Waals surface area contributed by atoms with E-state index in [2.05, 4.69) is 22.5 Å². The highest BCUT2D eigenvalue weighted by molar-refractivity contribution is 14.0. The smallest absolute Gasteiger partial charge is 0.191 e. The van der Waals surface area contributed by atoms with E-state index in [1.807, 2.05) is 37.3 Å². The van der Waals surface area contributed by atoms with Crippen molar-refractivity contribution in [3.05, 3.63) is 30.3 Å². The van der Waals surface area contributed by atoms with Gasteiger partial charge in [0.05, 0.1) is 6.61 Å². The fraction of sp³-hybridized carbons (Fsp3) is 0.588. The molecular weight excluding hydrogens is 405 g/mol. The second kappa shape index (κ2) is 15.9. The van der Waals surface area contributed by atoms with Gasteiger partial charge < -0.3 is 20.1 Å². The van der Waals surface area contributed by atoms with Crippen LogP contribution in [0.4, 0.5) is 0 Å². The largest absolute Gasteiger partial charge is 0.494 e. The van der Waals surface area contributed by atoms with Crippen LogP contribution in [-0.4, -0.2) is 45.4 Å². The lowest BCUT2D eigenvalue weighted by Gasteiger charge is -2.11. The Morgan fingerprint density at radius 3 is 2.52 bits per heavy atom. The molecule has 5 nitrogen and oxygen atoms in total. The van der Waals surface area contributed by atoms with Crippen molar-refractivity contribution in [2.24, 2.45) is 4.99 Å². The maximum absolute atomic E-state index is 5.65. The van der Waals surface area contributed by atoms with Crippen LogP contribution in [-0.2, 0) is 4.74 Å². The molecule has 1 aromatic carbocycles. The van der Waals surface area contributed by atoms with Crippen LogP contribution in [0.1, 0.15) is 26.7 Å². The van der Waals surface area contributed by atoms with Gasteiger partial charge in [-0.3, -0.25) is 4.99 Å². The molecule has 0 heterocycles. The summed E-state index contributed by atoms with van der Waals surface area (Å²) in [5, 5.41) is 6.55. The number of rotatable bonds is 11. The molecule has 1 rings (SSSR count). The van der Waals surface area contributed by atoms with Crippen molar-refractivity contribution < 1.29 is 9.47 Å². The molecule has 0 aliphatic carbocycles. The summed E-state index contributed by atoms with van der Waals surface area (Å²) in [4.78, 5) is 4.54. The Kier molecular flexibility index (Phi) is 15.2. The van der Waals surface area contributed by atoms with Gasteiger partial charge in [-0.05, 0) is 32.4 Å². The van der Waals surface area contributed by atoms with Crippen LogP contribution in [0.2, 0.25) is 0 Å². The summed E-state index contributed by atoms with van der Waals surface area (Å²) in [6.07, 6.45) is 1.87. The fourth-order valence-corrected chi connectivity index (χ4v) is 1.83. The van der Waals surface area contributed by atoms with E-state index in [9.17, 15) is 0 Å². The molecule has 0 saturated carbocycles. The van der Waals surface area contributed by atoms with Gasteiger partial charge in [-0.15, -0.1) is 24.0 Å². The third-order valence-corrected chi connectivity index (χ3v) is 2.89. The number of guanidine groups is 1. The molecule has 0 bridgehead atoms. The first-order chi connectivity index (χ1) is 10.9. The minimum Gasteiger partial charge on any atom is -0.494 e.